The molecule has 0 saturated heterocycles. The van der Waals surface area contributed by atoms with Gasteiger partial charge < -0.3 is 4.74 Å². The van der Waals surface area contributed by atoms with Gasteiger partial charge in [-0.3, -0.25) is 0 Å². The molecular weight excluding hydrogens is 329 g/mol. The van der Waals surface area contributed by atoms with E-state index in [1.54, 1.807) is 18.2 Å². The van der Waals surface area contributed by atoms with Gasteiger partial charge in [-0.05, 0) is 12.1 Å². The fourth-order valence-electron chi connectivity index (χ4n) is 1.71. The van der Waals surface area contributed by atoms with Crippen LogP contribution in [0.2, 0.25) is 10.0 Å². The fraction of sp³-hybridized carbons (Fsp3) is 0.333. The molecule has 0 spiro atoms. The van der Waals surface area contributed by atoms with Gasteiger partial charge in [-0.25, -0.2) is 9.78 Å². The average molecular weight is 344 g/mol. The molecule has 0 aliphatic carbocycles. The van der Waals surface area contributed by atoms with E-state index in [1.165, 1.54) is 18.4 Å². The number of carbonyl (C=O) groups excluding carboxylic acids is 1. The predicted molar refractivity (Wildman–Crippen MR) is 87.6 cm³/mol. The second-order valence-corrected chi connectivity index (χ2v) is 7.38. The van der Waals surface area contributed by atoms with E-state index >= 15 is 0 Å². The predicted octanol–water partition coefficient (Wildman–Crippen LogP) is 5.20. The first-order valence-corrected chi connectivity index (χ1v) is 7.86. The minimum atomic E-state index is -0.399. The Morgan fingerprint density at radius 2 is 1.90 bits per heavy atom. The molecule has 0 atom stereocenters. The zero-order chi connectivity index (χ0) is 15.8. The second kappa shape index (κ2) is 5.95. The van der Waals surface area contributed by atoms with Gasteiger partial charge in [-0.15, -0.1) is 11.3 Å². The van der Waals surface area contributed by atoms with E-state index in [1.807, 2.05) is 20.8 Å². The van der Waals surface area contributed by atoms with Crippen molar-refractivity contribution in [1.82, 2.24) is 4.98 Å². The van der Waals surface area contributed by atoms with Crippen molar-refractivity contribution >= 4 is 40.5 Å². The van der Waals surface area contributed by atoms with Crippen molar-refractivity contribution in [3.05, 3.63) is 38.1 Å². The molecule has 0 amide bonds. The highest BCUT2D eigenvalue weighted by Gasteiger charge is 2.26. The lowest BCUT2D eigenvalue weighted by Gasteiger charge is -2.13. The highest BCUT2D eigenvalue weighted by atomic mass is 35.5. The van der Waals surface area contributed by atoms with Crippen LogP contribution in [0.4, 0.5) is 0 Å². The summed E-state index contributed by atoms with van der Waals surface area (Å²) in [7, 11) is 1.36. The third-order valence-corrected chi connectivity index (χ3v) is 5.03. The van der Waals surface area contributed by atoms with Gasteiger partial charge in [0.25, 0.3) is 0 Å². The summed E-state index contributed by atoms with van der Waals surface area (Å²) in [4.78, 5) is 17.1. The van der Waals surface area contributed by atoms with E-state index in [4.69, 9.17) is 27.9 Å². The minimum absolute atomic E-state index is 0.151. The molecule has 2 rings (SSSR count). The zero-order valence-electron chi connectivity index (χ0n) is 12.2. The van der Waals surface area contributed by atoms with Gasteiger partial charge in [0, 0.05) is 11.0 Å². The molecule has 112 valence electrons. The van der Waals surface area contributed by atoms with Crippen molar-refractivity contribution in [2.45, 2.75) is 26.2 Å². The van der Waals surface area contributed by atoms with Gasteiger partial charge in [-0.2, -0.15) is 0 Å². The van der Waals surface area contributed by atoms with Gasteiger partial charge in [0.2, 0.25) is 0 Å². The molecule has 0 aliphatic rings. The number of rotatable bonds is 2. The number of nitrogens with zero attached hydrogens (tertiary/aromatic N) is 1. The van der Waals surface area contributed by atoms with Crippen LogP contribution in [0, 0.1) is 0 Å². The number of thiazole rings is 1. The molecule has 0 unspecified atom stereocenters. The van der Waals surface area contributed by atoms with Crippen molar-refractivity contribution in [1.29, 1.82) is 0 Å². The van der Waals surface area contributed by atoms with Crippen LogP contribution in [0.5, 0.6) is 0 Å². The van der Waals surface area contributed by atoms with Crippen molar-refractivity contribution in [3.8, 4) is 11.3 Å². The van der Waals surface area contributed by atoms with Crippen molar-refractivity contribution in [2.24, 2.45) is 0 Å². The maximum atomic E-state index is 12.0. The van der Waals surface area contributed by atoms with Gasteiger partial charge in [0.1, 0.15) is 4.88 Å². The quantitative estimate of drug-likeness (QED) is 0.703. The van der Waals surface area contributed by atoms with Crippen LogP contribution in [0.15, 0.2) is 18.2 Å². The molecule has 1 heterocycles. The Kier molecular flexibility index (Phi) is 4.61. The summed E-state index contributed by atoms with van der Waals surface area (Å²) in [6.07, 6.45) is 0. The fourth-order valence-corrected chi connectivity index (χ4v) is 3.07. The number of esters is 1. The number of halogens is 2. The van der Waals surface area contributed by atoms with Crippen LogP contribution in [0.1, 0.15) is 35.5 Å². The van der Waals surface area contributed by atoms with E-state index in [0.29, 0.717) is 20.6 Å². The largest absolute Gasteiger partial charge is 0.465 e. The van der Waals surface area contributed by atoms with Gasteiger partial charge in [0.15, 0.2) is 0 Å². The first-order chi connectivity index (χ1) is 9.74. The Balaban J connectivity index is 2.63. The van der Waals surface area contributed by atoms with Crippen molar-refractivity contribution in [2.75, 3.05) is 7.11 Å². The van der Waals surface area contributed by atoms with E-state index in [2.05, 4.69) is 4.98 Å². The first kappa shape index (κ1) is 16.3. The van der Waals surface area contributed by atoms with Crippen LogP contribution in [-0.4, -0.2) is 18.1 Å². The Morgan fingerprint density at radius 3 is 2.43 bits per heavy atom. The van der Waals surface area contributed by atoms with Gasteiger partial charge >= 0.3 is 5.97 Å². The Morgan fingerprint density at radius 1 is 1.24 bits per heavy atom. The summed E-state index contributed by atoms with van der Waals surface area (Å²) < 4.78 is 4.85. The van der Waals surface area contributed by atoms with Gasteiger partial charge in [-0.1, -0.05) is 50.0 Å². The summed E-state index contributed by atoms with van der Waals surface area (Å²) in [5.74, 6) is -0.399. The number of methoxy groups -OCH3 is 1. The maximum Gasteiger partial charge on any atom is 0.350 e. The number of carbonyl (C=O) groups is 1. The summed E-state index contributed by atoms with van der Waals surface area (Å²) in [5.41, 5.74) is 1.17. The summed E-state index contributed by atoms with van der Waals surface area (Å²) in [5, 5.41) is 1.76. The van der Waals surface area contributed by atoms with E-state index in [9.17, 15) is 4.79 Å². The van der Waals surface area contributed by atoms with Gasteiger partial charge in [0.05, 0.1) is 27.9 Å². The molecule has 0 aliphatic heterocycles. The SMILES string of the molecule is COC(=O)c1sc(C(C)(C)C)nc1-c1ccc(Cl)c(Cl)c1. The topological polar surface area (TPSA) is 39.2 Å². The Bertz CT molecular complexity index is 689. The number of hydrogen-bond donors (Lipinski definition) is 0. The van der Waals surface area contributed by atoms with Crippen LogP contribution in [0.25, 0.3) is 11.3 Å². The Labute approximate surface area is 137 Å². The lowest BCUT2D eigenvalue weighted by Crippen LogP contribution is -2.10. The van der Waals surface area contributed by atoms with E-state index < -0.39 is 5.97 Å². The molecule has 0 bridgehead atoms. The van der Waals surface area contributed by atoms with Crippen LogP contribution in [0.3, 0.4) is 0 Å². The van der Waals surface area contributed by atoms with Crippen LogP contribution >= 0.6 is 34.5 Å². The second-order valence-electron chi connectivity index (χ2n) is 5.57. The molecule has 21 heavy (non-hydrogen) atoms. The van der Waals surface area contributed by atoms with Crippen LogP contribution in [-0.2, 0) is 10.2 Å². The molecule has 2 aromatic rings. The molecule has 6 heteroatoms. The molecule has 0 saturated carbocycles. The molecule has 0 N–H and O–H groups in total. The number of aromatic nitrogens is 1. The molecule has 3 nitrogen and oxygen atoms in total. The lowest BCUT2D eigenvalue weighted by molar-refractivity contribution is 0.0607. The molecule has 1 aromatic heterocycles. The number of benzene rings is 1. The third-order valence-electron chi connectivity index (χ3n) is 2.83. The highest BCUT2D eigenvalue weighted by molar-refractivity contribution is 7.14. The monoisotopic (exact) mass is 343 g/mol. The first-order valence-electron chi connectivity index (χ1n) is 6.29. The number of hydrogen-bond acceptors (Lipinski definition) is 4. The standard InChI is InChI=1S/C15H15Cl2NO2S/c1-15(2,3)14-18-11(12(21-14)13(19)20-4)8-5-6-9(16)10(17)7-8/h5-7H,1-4H3. The normalized spacial score (nSPS) is 11.5. The van der Waals surface area contributed by atoms with E-state index in [-0.39, 0.29) is 5.41 Å². The average Bonchev–Trinajstić information content (AvgIpc) is 2.86. The lowest BCUT2D eigenvalue weighted by atomic mass is 9.98. The molecule has 0 fully saturated rings. The minimum Gasteiger partial charge on any atom is -0.465 e. The van der Waals surface area contributed by atoms with Crippen LogP contribution < -0.4 is 0 Å². The third kappa shape index (κ3) is 3.39. The molecular formula is C15H15Cl2NO2S. The smallest absolute Gasteiger partial charge is 0.350 e. The summed E-state index contributed by atoms with van der Waals surface area (Å²) in [6.45, 7) is 6.14. The molecule has 0 radical (unpaired) electrons. The van der Waals surface area contributed by atoms with E-state index in [0.717, 1.165) is 10.6 Å². The summed E-state index contributed by atoms with van der Waals surface area (Å²) in [6, 6.07) is 5.19. The maximum absolute atomic E-state index is 12.0. The zero-order valence-corrected chi connectivity index (χ0v) is 14.5. The number of ether oxygens (including phenoxy) is 1. The van der Waals surface area contributed by atoms with Crippen molar-refractivity contribution < 1.29 is 9.53 Å². The molecule has 1 aromatic carbocycles. The van der Waals surface area contributed by atoms with Crippen molar-refractivity contribution in [3.63, 3.8) is 0 Å². The highest BCUT2D eigenvalue weighted by Crippen LogP contribution is 2.36. The Hall–Kier alpha value is -1.10. The summed E-state index contributed by atoms with van der Waals surface area (Å²) >= 11 is 13.3.